The molecule has 0 bridgehead atoms. The normalized spacial score (nSPS) is 20.5. The molecule has 35 heavy (non-hydrogen) atoms. The molecule has 1 N–H and O–H groups in total. The number of nitrogens with zero attached hydrogens (tertiary/aromatic N) is 2. The van der Waals surface area contributed by atoms with Crippen molar-refractivity contribution in [1.82, 2.24) is 9.80 Å². The first kappa shape index (κ1) is 25.8. The van der Waals surface area contributed by atoms with Gasteiger partial charge in [-0.3, -0.25) is 14.6 Å². The van der Waals surface area contributed by atoms with Crippen LogP contribution in [0.25, 0.3) is 0 Å². The Labute approximate surface area is 203 Å². The number of carbonyl (C=O) groups excluding carboxylic acids is 1. The minimum Gasteiger partial charge on any atom is -0.378 e. The van der Waals surface area contributed by atoms with Crippen molar-refractivity contribution in [2.24, 2.45) is 0 Å². The second-order valence-corrected chi connectivity index (χ2v) is 9.27. The number of Topliss-reactive ketones (excluding diaryl/α,β-unsaturated/α-hetero) is 1. The van der Waals surface area contributed by atoms with Crippen LogP contribution in [0.5, 0.6) is 0 Å². The molecule has 2 atom stereocenters. The van der Waals surface area contributed by atoms with Crippen LogP contribution in [0.4, 0.5) is 32.0 Å². The lowest BCUT2D eigenvalue weighted by molar-refractivity contribution is -0.143. The number of nitrogens with one attached hydrogen (secondary N) is 1. The lowest BCUT2D eigenvalue weighted by Gasteiger charge is -2.41. The summed E-state index contributed by atoms with van der Waals surface area (Å²) in [6.07, 6.45) is -7.87. The quantitative estimate of drug-likeness (QED) is 0.484. The molecule has 0 spiro atoms. The third-order valence-corrected chi connectivity index (χ3v) is 6.89. The van der Waals surface area contributed by atoms with E-state index >= 15 is 0 Å². The number of ketones is 1. The van der Waals surface area contributed by atoms with Gasteiger partial charge in [-0.1, -0.05) is 29.8 Å². The molecule has 0 amide bonds. The predicted molar refractivity (Wildman–Crippen MR) is 120 cm³/mol. The largest absolute Gasteiger partial charge is 0.416 e. The highest BCUT2D eigenvalue weighted by Gasteiger charge is 2.39. The first-order valence-electron chi connectivity index (χ1n) is 11.2. The van der Waals surface area contributed by atoms with Crippen molar-refractivity contribution in [1.29, 1.82) is 0 Å². The summed E-state index contributed by atoms with van der Waals surface area (Å²) in [5, 5.41) is 2.87. The van der Waals surface area contributed by atoms with Gasteiger partial charge in [0.2, 0.25) is 0 Å². The molecule has 11 heteroatoms. The molecule has 2 fully saturated rings. The standard InChI is InChI=1S/C24H24ClF6N3O/c25-20-6-2-1-5-19(20)22(34-9-8-33-7-3-4-18(33)14-34)21(35)13-32-17-11-15(23(26,27)28)10-16(12-17)24(29,30)31/h1-2,5-6,10-12,18,22,32H,3-4,7-9,13-14H2/t18-,22?/m1/s1. The van der Waals surface area contributed by atoms with Crippen molar-refractivity contribution >= 4 is 23.1 Å². The zero-order valence-corrected chi connectivity index (χ0v) is 19.4. The summed E-state index contributed by atoms with van der Waals surface area (Å²) in [7, 11) is 0. The third-order valence-electron chi connectivity index (χ3n) is 6.54. The Morgan fingerprint density at radius 1 is 1.00 bits per heavy atom. The molecule has 0 aromatic heterocycles. The first-order valence-corrected chi connectivity index (χ1v) is 11.6. The number of fused-ring (bicyclic) bond motifs is 1. The Morgan fingerprint density at radius 3 is 2.29 bits per heavy atom. The lowest BCUT2D eigenvalue weighted by Crippen LogP contribution is -2.52. The maximum absolute atomic E-state index is 13.4. The van der Waals surface area contributed by atoms with E-state index in [4.69, 9.17) is 11.6 Å². The molecule has 190 valence electrons. The van der Waals surface area contributed by atoms with Crippen LogP contribution in [0.1, 0.15) is 35.6 Å². The van der Waals surface area contributed by atoms with E-state index in [1.807, 2.05) is 4.90 Å². The van der Waals surface area contributed by atoms with Crippen molar-refractivity contribution in [2.75, 3.05) is 38.0 Å². The monoisotopic (exact) mass is 519 g/mol. The highest BCUT2D eigenvalue weighted by molar-refractivity contribution is 6.31. The number of rotatable bonds is 6. The number of alkyl halides is 6. The topological polar surface area (TPSA) is 35.6 Å². The highest BCUT2D eigenvalue weighted by Crippen LogP contribution is 2.38. The van der Waals surface area contributed by atoms with Gasteiger partial charge in [-0.25, -0.2) is 0 Å². The molecule has 2 aromatic rings. The van der Waals surface area contributed by atoms with Gasteiger partial charge in [-0.2, -0.15) is 26.3 Å². The second-order valence-electron chi connectivity index (χ2n) is 8.87. The van der Waals surface area contributed by atoms with Gasteiger partial charge in [0, 0.05) is 36.4 Å². The number of piperazine rings is 1. The van der Waals surface area contributed by atoms with Crippen LogP contribution in [0.2, 0.25) is 5.02 Å². The van der Waals surface area contributed by atoms with Crippen LogP contribution in [0, 0.1) is 0 Å². The molecular formula is C24H24ClF6N3O. The number of anilines is 1. The Kier molecular flexibility index (Phi) is 7.36. The molecule has 2 heterocycles. The van der Waals surface area contributed by atoms with Crippen molar-refractivity contribution in [3.05, 3.63) is 64.2 Å². The molecular weight excluding hydrogens is 496 g/mol. The van der Waals surface area contributed by atoms with Gasteiger partial charge in [-0.15, -0.1) is 0 Å². The number of hydrogen-bond acceptors (Lipinski definition) is 4. The molecule has 2 saturated heterocycles. The number of halogens is 7. The van der Waals surface area contributed by atoms with E-state index in [0.29, 0.717) is 41.9 Å². The van der Waals surface area contributed by atoms with Crippen molar-refractivity contribution < 1.29 is 31.1 Å². The summed E-state index contributed by atoms with van der Waals surface area (Å²) >= 11 is 6.39. The van der Waals surface area contributed by atoms with Crippen LogP contribution < -0.4 is 5.32 Å². The number of benzene rings is 2. The zero-order valence-electron chi connectivity index (χ0n) is 18.6. The molecule has 2 aliphatic heterocycles. The van der Waals surface area contributed by atoms with E-state index < -0.39 is 47.5 Å². The van der Waals surface area contributed by atoms with Crippen molar-refractivity contribution in [3.8, 4) is 0 Å². The molecule has 0 radical (unpaired) electrons. The minimum absolute atomic E-state index is 0.0562. The van der Waals surface area contributed by atoms with Gasteiger partial charge >= 0.3 is 12.4 Å². The maximum Gasteiger partial charge on any atom is 0.416 e. The molecule has 4 nitrogen and oxygen atoms in total. The van der Waals surface area contributed by atoms with E-state index in [-0.39, 0.29) is 6.07 Å². The van der Waals surface area contributed by atoms with Gasteiger partial charge in [0.15, 0.2) is 5.78 Å². The minimum atomic E-state index is -4.97. The molecule has 1 unspecified atom stereocenters. The van der Waals surface area contributed by atoms with Gasteiger partial charge in [-0.05, 0) is 49.2 Å². The third kappa shape index (κ3) is 5.92. The van der Waals surface area contributed by atoms with Crippen LogP contribution in [-0.4, -0.2) is 54.3 Å². The van der Waals surface area contributed by atoms with E-state index in [0.717, 1.165) is 25.9 Å². The lowest BCUT2D eigenvalue weighted by atomic mass is 9.98. The van der Waals surface area contributed by atoms with Gasteiger partial charge in [0.1, 0.15) is 0 Å². The molecule has 2 aliphatic rings. The SMILES string of the molecule is O=C(CNc1cc(C(F)(F)F)cc(C(F)(F)F)c1)C(c1ccccc1Cl)N1CCN2CCC[C@@H]2C1. The van der Waals surface area contributed by atoms with Crippen molar-refractivity contribution in [2.45, 2.75) is 37.3 Å². The molecule has 0 aliphatic carbocycles. The Balaban J connectivity index is 1.59. The van der Waals surface area contributed by atoms with Crippen LogP contribution in [0.15, 0.2) is 42.5 Å². The van der Waals surface area contributed by atoms with Crippen molar-refractivity contribution in [3.63, 3.8) is 0 Å². The number of carbonyl (C=O) groups is 1. The fourth-order valence-electron chi connectivity index (χ4n) is 4.86. The fourth-order valence-corrected chi connectivity index (χ4v) is 5.10. The molecule has 2 aromatic carbocycles. The highest BCUT2D eigenvalue weighted by atomic mass is 35.5. The first-order chi connectivity index (χ1) is 16.4. The summed E-state index contributed by atoms with van der Waals surface area (Å²) < 4.78 is 79.1. The Bertz CT molecular complexity index is 1040. The molecule has 4 rings (SSSR count). The van der Waals surface area contributed by atoms with E-state index in [1.54, 1.807) is 24.3 Å². The van der Waals surface area contributed by atoms with Crippen LogP contribution >= 0.6 is 11.6 Å². The fraction of sp³-hybridized carbons (Fsp3) is 0.458. The van der Waals surface area contributed by atoms with Crippen LogP contribution in [-0.2, 0) is 17.1 Å². The van der Waals surface area contributed by atoms with Crippen LogP contribution in [0.3, 0.4) is 0 Å². The summed E-state index contributed by atoms with van der Waals surface area (Å²) in [6.45, 7) is 2.54. The summed E-state index contributed by atoms with van der Waals surface area (Å²) in [5.74, 6) is -0.393. The molecule has 0 saturated carbocycles. The summed E-state index contributed by atoms with van der Waals surface area (Å²) in [5.41, 5.74) is -2.75. The second kappa shape index (κ2) is 9.99. The summed E-state index contributed by atoms with van der Waals surface area (Å²) in [4.78, 5) is 17.8. The van der Waals surface area contributed by atoms with Gasteiger partial charge in [0.05, 0.1) is 23.7 Å². The predicted octanol–water partition coefficient (Wildman–Crippen LogP) is 5.88. The van der Waals surface area contributed by atoms with Gasteiger partial charge in [0.25, 0.3) is 0 Å². The average molecular weight is 520 g/mol. The Morgan fingerprint density at radius 2 is 1.66 bits per heavy atom. The average Bonchev–Trinajstić information content (AvgIpc) is 3.26. The van der Waals surface area contributed by atoms with Gasteiger partial charge < -0.3 is 5.32 Å². The zero-order chi connectivity index (χ0) is 25.4. The maximum atomic E-state index is 13.4. The smallest absolute Gasteiger partial charge is 0.378 e. The number of hydrogen-bond donors (Lipinski definition) is 1. The van der Waals surface area contributed by atoms with E-state index in [1.165, 1.54) is 0 Å². The van der Waals surface area contributed by atoms with E-state index in [9.17, 15) is 31.1 Å². The Hall–Kier alpha value is -2.30. The van der Waals surface area contributed by atoms with E-state index in [2.05, 4.69) is 10.2 Å². The summed E-state index contributed by atoms with van der Waals surface area (Å²) in [6, 6.07) is 7.57.